The third-order valence-electron chi connectivity index (χ3n) is 2.99. The standard InChI is InChI=1S/C15H21ClN2S/c1-15(2,3)18-14-17-10-11(8-9-19-14)12-6-4-5-7-13(12)16/h4-7,11H,8-10H2,1-3H3,(H,17,18)/t11-/m1/s1. The van der Waals surface area contributed by atoms with Crippen molar-refractivity contribution in [2.24, 2.45) is 4.99 Å². The molecule has 1 aromatic rings. The summed E-state index contributed by atoms with van der Waals surface area (Å²) in [6, 6.07) is 8.12. The van der Waals surface area contributed by atoms with Crippen molar-refractivity contribution in [3.8, 4) is 0 Å². The van der Waals surface area contributed by atoms with E-state index in [-0.39, 0.29) is 5.54 Å². The maximum atomic E-state index is 6.28. The lowest BCUT2D eigenvalue weighted by molar-refractivity contribution is 0.514. The van der Waals surface area contributed by atoms with E-state index in [0.717, 1.165) is 28.9 Å². The number of thioether (sulfide) groups is 1. The minimum absolute atomic E-state index is 0.0655. The Morgan fingerprint density at radius 1 is 1.32 bits per heavy atom. The average molecular weight is 297 g/mol. The molecule has 0 aliphatic carbocycles. The Morgan fingerprint density at radius 2 is 2.05 bits per heavy atom. The maximum absolute atomic E-state index is 6.28. The van der Waals surface area contributed by atoms with Crippen LogP contribution in [0.1, 0.15) is 38.7 Å². The second kappa shape index (κ2) is 6.19. The number of benzene rings is 1. The van der Waals surface area contributed by atoms with Crippen molar-refractivity contribution in [1.29, 1.82) is 0 Å². The highest BCUT2D eigenvalue weighted by molar-refractivity contribution is 8.13. The van der Waals surface area contributed by atoms with E-state index in [1.165, 1.54) is 5.56 Å². The molecular weight excluding hydrogens is 276 g/mol. The molecule has 2 nitrogen and oxygen atoms in total. The van der Waals surface area contributed by atoms with E-state index >= 15 is 0 Å². The minimum Gasteiger partial charge on any atom is -0.360 e. The highest BCUT2D eigenvalue weighted by Crippen LogP contribution is 2.30. The lowest BCUT2D eigenvalue weighted by atomic mass is 9.96. The van der Waals surface area contributed by atoms with Gasteiger partial charge in [-0.1, -0.05) is 41.6 Å². The summed E-state index contributed by atoms with van der Waals surface area (Å²) in [6.07, 6.45) is 1.12. The molecule has 4 heteroatoms. The van der Waals surface area contributed by atoms with Gasteiger partial charge in [0, 0.05) is 28.8 Å². The van der Waals surface area contributed by atoms with Gasteiger partial charge in [0.1, 0.15) is 0 Å². The molecule has 1 aromatic carbocycles. The molecule has 1 aliphatic heterocycles. The molecule has 1 aliphatic rings. The van der Waals surface area contributed by atoms with Crippen LogP contribution in [0.15, 0.2) is 29.3 Å². The second-order valence-corrected chi connectivity index (χ2v) is 7.37. The average Bonchev–Trinajstić information content (AvgIpc) is 2.53. The van der Waals surface area contributed by atoms with Crippen molar-refractivity contribution < 1.29 is 0 Å². The van der Waals surface area contributed by atoms with E-state index in [1.54, 1.807) is 0 Å². The van der Waals surface area contributed by atoms with Crippen molar-refractivity contribution in [2.75, 3.05) is 12.3 Å². The predicted octanol–water partition coefficient (Wildman–Crippen LogP) is 4.30. The van der Waals surface area contributed by atoms with Gasteiger partial charge in [-0.3, -0.25) is 4.99 Å². The van der Waals surface area contributed by atoms with Crippen LogP contribution >= 0.6 is 23.4 Å². The maximum Gasteiger partial charge on any atom is 0.156 e. The Morgan fingerprint density at radius 3 is 2.74 bits per heavy atom. The number of hydrogen-bond acceptors (Lipinski definition) is 3. The second-order valence-electron chi connectivity index (χ2n) is 5.88. The summed E-state index contributed by atoms with van der Waals surface area (Å²) < 4.78 is 0. The first-order valence-corrected chi connectivity index (χ1v) is 8.02. The lowest BCUT2D eigenvalue weighted by Crippen LogP contribution is -2.39. The number of hydrogen-bond donors (Lipinski definition) is 1. The van der Waals surface area contributed by atoms with Crippen molar-refractivity contribution in [2.45, 2.75) is 38.6 Å². The van der Waals surface area contributed by atoms with E-state index in [4.69, 9.17) is 16.6 Å². The molecule has 0 spiro atoms. The molecule has 0 fully saturated rings. The number of nitrogens with one attached hydrogen (secondary N) is 1. The first-order chi connectivity index (χ1) is 8.96. The molecule has 2 rings (SSSR count). The van der Waals surface area contributed by atoms with Crippen LogP contribution in [0.25, 0.3) is 0 Å². The summed E-state index contributed by atoms with van der Waals surface area (Å²) in [5.74, 6) is 1.51. The molecule has 0 saturated heterocycles. The van der Waals surface area contributed by atoms with Gasteiger partial charge >= 0.3 is 0 Å². The third kappa shape index (κ3) is 4.43. The zero-order chi connectivity index (χ0) is 13.9. The number of nitrogens with zero attached hydrogens (tertiary/aromatic N) is 1. The van der Waals surface area contributed by atoms with Crippen molar-refractivity contribution in [3.05, 3.63) is 34.9 Å². The Hall–Kier alpha value is -0.670. The number of halogens is 1. The van der Waals surface area contributed by atoms with Crippen LogP contribution in [0.5, 0.6) is 0 Å². The van der Waals surface area contributed by atoms with E-state index in [0.29, 0.717) is 5.92 Å². The fourth-order valence-corrected chi connectivity index (χ4v) is 3.51. The molecule has 1 atom stereocenters. The molecule has 1 heterocycles. The quantitative estimate of drug-likeness (QED) is 0.835. The summed E-state index contributed by atoms with van der Waals surface area (Å²) in [6.45, 7) is 7.29. The Balaban J connectivity index is 2.09. The van der Waals surface area contributed by atoms with Crippen LogP contribution in [-0.4, -0.2) is 23.0 Å². The molecule has 104 valence electrons. The number of aliphatic imine (C=N–C) groups is 1. The largest absolute Gasteiger partial charge is 0.360 e. The summed E-state index contributed by atoms with van der Waals surface area (Å²) in [5, 5.41) is 5.38. The Labute approximate surface area is 125 Å². The van der Waals surface area contributed by atoms with Crippen molar-refractivity contribution in [1.82, 2.24) is 5.32 Å². The van der Waals surface area contributed by atoms with Crippen LogP contribution in [-0.2, 0) is 0 Å². The summed E-state index contributed by atoms with van der Waals surface area (Å²) >= 11 is 8.09. The van der Waals surface area contributed by atoms with Crippen LogP contribution < -0.4 is 5.32 Å². The van der Waals surface area contributed by atoms with Gasteiger partial charge in [0.15, 0.2) is 5.17 Å². The van der Waals surface area contributed by atoms with Gasteiger partial charge in [-0.15, -0.1) is 0 Å². The van der Waals surface area contributed by atoms with Gasteiger partial charge in [-0.2, -0.15) is 0 Å². The highest BCUT2D eigenvalue weighted by atomic mass is 35.5. The molecular formula is C15H21ClN2S. The zero-order valence-electron chi connectivity index (χ0n) is 11.7. The van der Waals surface area contributed by atoms with E-state index in [9.17, 15) is 0 Å². The van der Waals surface area contributed by atoms with Crippen LogP contribution in [0, 0.1) is 0 Å². The minimum atomic E-state index is 0.0655. The van der Waals surface area contributed by atoms with Crippen LogP contribution in [0.3, 0.4) is 0 Å². The van der Waals surface area contributed by atoms with Crippen LogP contribution in [0.2, 0.25) is 5.02 Å². The van der Waals surface area contributed by atoms with E-state index in [2.05, 4.69) is 38.2 Å². The summed E-state index contributed by atoms with van der Waals surface area (Å²) in [4.78, 5) is 4.72. The molecule has 0 bridgehead atoms. The predicted molar refractivity (Wildman–Crippen MR) is 86.5 cm³/mol. The molecule has 1 N–H and O–H groups in total. The van der Waals surface area contributed by atoms with E-state index in [1.807, 2.05) is 23.9 Å². The van der Waals surface area contributed by atoms with Gasteiger partial charge in [-0.25, -0.2) is 0 Å². The monoisotopic (exact) mass is 296 g/mol. The number of amidine groups is 1. The zero-order valence-corrected chi connectivity index (χ0v) is 13.3. The van der Waals surface area contributed by atoms with Crippen molar-refractivity contribution >= 4 is 28.5 Å². The first kappa shape index (κ1) is 14.7. The van der Waals surface area contributed by atoms with Gasteiger partial charge in [0.05, 0.1) is 0 Å². The molecule has 19 heavy (non-hydrogen) atoms. The molecule has 0 aromatic heterocycles. The molecule has 0 unspecified atom stereocenters. The Bertz CT molecular complexity index is 465. The van der Waals surface area contributed by atoms with Crippen LogP contribution in [0.4, 0.5) is 0 Å². The normalized spacial score (nSPS) is 20.6. The number of rotatable bonds is 1. The molecule has 0 radical (unpaired) electrons. The van der Waals surface area contributed by atoms with E-state index < -0.39 is 0 Å². The summed E-state index contributed by atoms with van der Waals surface area (Å²) in [5.41, 5.74) is 1.29. The topological polar surface area (TPSA) is 24.4 Å². The fraction of sp³-hybridized carbons (Fsp3) is 0.533. The van der Waals surface area contributed by atoms with Crippen molar-refractivity contribution in [3.63, 3.8) is 0 Å². The Kier molecular flexibility index (Phi) is 4.80. The van der Waals surface area contributed by atoms with Gasteiger partial charge < -0.3 is 5.32 Å². The SMILES string of the molecule is CC(C)(C)NC1=NC[C@H](c2ccccc2Cl)CCS1. The highest BCUT2D eigenvalue weighted by Gasteiger charge is 2.20. The smallest absolute Gasteiger partial charge is 0.156 e. The molecule has 0 saturated carbocycles. The van der Waals surface area contributed by atoms with Gasteiger partial charge in [0.2, 0.25) is 0 Å². The lowest BCUT2D eigenvalue weighted by Gasteiger charge is -2.22. The molecule has 0 amide bonds. The summed E-state index contributed by atoms with van der Waals surface area (Å²) in [7, 11) is 0. The van der Waals surface area contributed by atoms with Gasteiger partial charge in [0.25, 0.3) is 0 Å². The first-order valence-electron chi connectivity index (χ1n) is 6.65. The van der Waals surface area contributed by atoms with Gasteiger partial charge in [-0.05, 0) is 38.8 Å². The fourth-order valence-electron chi connectivity index (χ4n) is 2.08. The third-order valence-corrected chi connectivity index (χ3v) is 4.28.